The van der Waals surface area contributed by atoms with Crippen molar-refractivity contribution in [3.8, 4) is 0 Å². The Bertz CT molecular complexity index is 420. The SMILES string of the molecule is Cc1cc(C)c(C(F)(F)C2CCCN2)cc1C. The maximum Gasteiger partial charge on any atom is 0.288 e. The van der Waals surface area contributed by atoms with E-state index < -0.39 is 12.0 Å². The number of rotatable bonds is 2. The summed E-state index contributed by atoms with van der Waals surface area (Å²) in [6.07, 6.45) is 1.39. The van der Waals surface area contributed by atoms with Crippen LogP contribution in [0.4, 0.5) is 8.78 Å². The zero-order valence-corrected chi connectivity index (χ0v) is 10.6. The van der Waals surface area contributed by atoms with E-state index in [4.69, 9.17) is 0 Å². The molecule has 3 heteroatoms. The van der Waals surface area contributed by atoms with Crippen molar-refractivity contribution in [3.63, 3.8) is 0 Å². The van der Waals surface area contributed by atoms with Crippen LogP contribution in [0.5, 0.6) is 0 Å². The molecule has 0 bridgehead atoms. The van der Waals surface area contributed by atoms with Gasteiger partial charge in [0.15, 0.2) is 0 Å². The van der Waals surface area contributed by atoms with Gasteiger partial charge in [0.05, 0.1) is 6.04 Å². The molecular formula is C14H19F2N. The molecule has 1 aliphatic rings. The molecule has 1 unspecified atom stereocenters. The first-order chi connectivity index (χ1) is 7.93. The molecule has 1 atom stereocenters. The van der Waals surface area contributed by atoms with Crippen molar-refractivity contribution < 1.29 is 8.78 Å². The summed E-state index contributed by atoms with van der Waals surface area (Å²) in [5.74, 6) is -2.76. The van der Waals surface area contributed by atoms with E-state index in [9.17, 15) is 8.78 Å². The molecule has 0 radical (unpaired) electrons. The van der Waals surface area contributed by atoms with Gasteiger partial charge in [0.25, 0.3) is 5.92 Å². The summed E-state index contributed by atoms with van der Waals surface area (Å²) in [7, 11) is 0. The third-order valence-corrected chi connectivity index (χ3v) is 3.70. The third-order valence-electron chi connectivity index (χ3n) is 3.70. The van der Waals surface area contributed by atoms with Gasteiger partial charge in [-0.1, -0.05) is 6.07 Å². The lowest BCUT2D eigenvalue weighted by molar-refractivity contribution is -0.0382. The molecule has 0 aromatic heterocycles. The minimum absolute atomic E-state index is 0.181. The first-order valence-corrected chi connectivity index (χ1v) is 6.12. The molecule has 1 heterocycles. The fraction of sp³-hybridized carbons (Fsp3) is 0.571. The maximum atomic E-state index is 14.4. The number of halogens is 2. The Morgan fingerprint density at radius 3 is 2.35 bits per heavy atom. The minimum Gasteiger partial charge on any atom is -0.308 e. The van der Waals surface area contributed by atoms with Gasteiger partial charge in [-0.05, 0) is 62.9 Å². The van der Waals surface area contributed by atoms with Crippen LogP contribution in [0.1, 0.15) is 35.1 Å². The summed E-state index contributed by atoms with van der Waals surface area (Å²) in [6.45, 7) is 6.31. The lowest BCUT2D eigenvalue weighted by Crippen LogP contribution is -2.39. The van der Waals surface area contributed by atoms with Crippen LogP contribution >= 0.6 is 0 Å². The highest BCUT2D eigenvalue weighted by molar-refractivity contribution is 5.39. The molecule has 1 saturated heterocycles. The smallest absolute Gasteiger partial charge is 0.288 e. The largest absolute Gasteiger partial charge is 0.308 e. The molecule has 0 aliphatic carbocycles. The molecule has 0 amide bonds. The van der Waals surface area contributed by atoms with Gasteiger partial charge in [0.2, 0.25) is 0 Å². The van der Waals surface area contributed by atoms with E-state index in [0.29, 0.717) is 18.5 Å². The van der Waals surface area contributed by atoms with Gasteiger partial charge < -0.3 is 5.32 Å². The van der Waals surface area contributed by atoms with Gasteiger partial charge in [-0.2, -0.15) is 8.78 Å². The Hall–Kier alpha value is -0.960. The van der Waals surface area contributed by atoms with Gasteiger partial charge in [0.1, 0.15) is 0 Å². The molecule has 1 fully saturated rings. The van der Waals surface area contributed by atoms with E-state index in [-0.39, 0.29) is 5.56 Å². The highest BCUT2D eigenvalue weighted by atomic mass is 19.3. The van der Waals surface area contributed by atoms with Crippen molar-refractivity contribution >= 4 is 0 Å². The standard InChI is InChI=1S/C14H19F2N/c1-9-7-11(3)12(8-10(9)2)14(15,16)13-5-4-6-17-13/h7-8,13,17H,4-6H2,1-3H3. The van der Waals surface area contributed by atoms with E-state index in [0.717, 1.165) is 17.5 Å². The summed E-state index contributed by atoms with van der Waals surface area (Å²) in [5, 5.41) is 2.91. The van der Waals surface area contributed by atoms with E-state index >= 15 is 0 Å². The zero-order chi connectivity index (χ0) is 12.6. The molecule has 1 aliphatic heterocycles. The number of benzene rings is 1. The monoisotopic (exact) mass is 239 g/mol. The lowest BCUT2D eigenvalue weighted by Gasteiger charge is -2.26. The van der Waals surface area contributed by atoms with E-state index in [1.807, 2.05) is 19.9 Å². The quantitative estimate of drug-likeness (QED) is 0.833. The normalized spacial score (nSPS) is 20.9. The fourth-order valence-electron chi connectivity index (χ4n) is 2.50. The molecule has 0 saturated carbocycles. The highest BCUT2D eigenvalue weighted by Crippen LogP contribution is 2.38. The Morgan fingerprint density at radius 2 is 1.76 bits per heavy atom. The van der Waals surface area contributed by atoms with Crippen molar-refractivity contribution in [3.05, 3.63) is 34.4 Å². The lowest BCUT2D eigenvalue weighted by atomic mass is 9.92. The second-order valence-corrected chi connectivity index (χ2v) is 5.02. The molecular weight excluding hydrogens is 220 g/mol. The van der Waals surface area contributed by atoms with Crippen LogP contribution in [-0.2, 0) is 5.92 Å². The van der Waals surface area contributed by atoms with Crippen LogP contribution in [0.2, 0.25) is 0 Å². The van der Waals surface area contributed by atoms with Gasteiger partial charge in [-0.15, -0.1) is 0 Å². The van der Waals surface area contributed by atoms with Crippen molar-refractivity contribution in [2.24, 2.45) is 0 Å². The summed E-state index contributed by atoms with van der Waals surface area (Å²) in [5.41, 5.74) is 2.87. The number of hydrogen-bond acceptors (Lipinski definition) is 1. The summed E-state index contributed by atoms with van der Waals surface area (Å²) < 4.78 is 28.7. The first-order valence-electron chi connectivity index (χ1n) is 6.12. The van der Waals surface area contributed by atoms with E-state index in [1.54, 1.807) is 13.0 Å². The number of aryl methyl sites for hydroxylation is 3. The number of nitrogens with one attached hydrogen (secondary N) is 1. The Morgan fingerprint density at radius 1 is 1.12 bits per heavy atom. The van der Waals surface area contributed by atoms with E-state index in [2.05, 4.69) is 5.32 Å². The second-order valence-electron chi connectivity index (χ2n) is 5.02. The summed E-state index contributed by atoms with van der Waals surface area (Å²) in [4.78, 5) is 0. The maximum absolute atomic E-state index is 14.4. The second kappa shape index (κ2) is 4.37. The molecule has 1 aromatic carbocycles. The van der Waals surface area contributed by atoms with Crippen LogP contribution in [0.3, 0.4) is 0 Å². The van der Waals surface area contributed by atoms with Crippen molar-refractivity contribution in [2.45, 2.75) is 45.6 Å². The molecule has 0 spiro atoms. The van der Waals surface area contributed by atoms with E-state index in [1.165, 1.54) is 0 Å². The summed E-state index contributed by atoms with van der Waals surface area (Å²) in [6, 6.07) is 2.79. The van der Waals surface area contributed by atoms with Gasteiger partial charge >= 0.3 is 0 Å². The minimum atomic E-state index is -2.76. The molecule has 2 rings (SSSR count). The van der Waals surface area contributed by atoms with Gasteiger partial charge in [-0.3, -0.25) is 0 Å². The highest BCUT2D eigenvalue weighted by Gasteiger charge is 2.43. The molecule has 94 valence electrons. The fourth-order valence-corrected chi connectivity index (χ4v) is 2.50. The Labute approximate surface area is 101 Å². The Kier molecular flexibility index (Phi) is 3.21. The Balaban J connectivity index is 2.41. The van der Waals surface area contributed by atoms with Crippen LogP contribution < -0.4 is 5.32 Å². The van der Waals surface area contributed by atoms with Crippen LogP contribution in [0.15, 0.2) is 12.1 Å². The van der Waals surface area contributed by atoms with Crippen LogP contribution in [0, 0.1) is 20.8 Å². The van der Waals surface area contributed by atoms with Crippen molar-refractivity contribution in [1.29, 1.82) is 0 Å². The topological polar surface area (TPSA) is 12.0 Å². The number of hydrogen-bond donors (Lipinski definition) is 1. The third kappa shape index (κ3) is 2.21. The molecule has 1 nitrogen and oxygen atoms in total. The van der Waals surface area contributed by atoms with Crippen molar-refractivity contribution in [2.75, 3.05) is 6.54 Å². The van der Waals surface area contributed by atoms with Crippen LogP contribution in [-0.4, -0.2) is 12.6 Å². The predicted molar refractivity (Wildman–Crippen MR) is 65.6 cm³/mol. The molecule has 1 N–H and O–H groups in total. The average Bonchev–Trinajstić information content (AvgIpc) is 2.77. The summed E-state index contributed by atoms with van der Waals surface area (Å²) >= 11 is 0. The first kappa shape index (κ1) is 12.5. The molecule has 1 aromatic rings. The van der Waals surface area contributed by atoms with Crippen molar-refractivity contribution in [1.82, 2.24) is 5.32 Å². The predicted octanol–water partition coefficient (Wildman–Crippen LogP) is 3.46. The number of alkyl halides is 2. The zero-order valence-electron chi connectivity index (χ0n) is 10.6. The van der Waals surface area contributed by atoms with Crippen LogP contribution in [0.25, 0.3) is 0 Å². The van der Waals surface area contributed by atoms with Gasteiger partial charge in [-0.25, -0.2) is 0 Å². The van der Waals surface area contributed by atoms with Gasteiger partial charge in [0, 0.05) is 5.56 Å². The average molecular weight is 239 g/mol. The molecule has 17 heavy (non-hydrogen) atoms.